The molecule has 7 heteroatoms. The molecule has 0 aromatic heterocycles. The molecular weight excluding hydrogens is 302 g/mol. The molecule has 0 atom stereocenters. The summed E-state index contributed by atoms with van der Waals surface area (Å²) in [5, 5.41) is 0. The molecule has 1 aliphatic rings. The number of amides is 1. The minimum absolute atomic E-state index is 0.212. The van der Waals surface area contributed by atoms with E-state index < -0.39 is 15.7 Å². The van der Waals surface area contributed by atoms with Gasteiger partial charge in [0.15, 0.2) is 15.8 Å². The van der Waals surface area contributed by atoms with Crippen LogP contribution >= 0.6 is 0 Å². The summed E-state index contributed by atoms with van der Waals surface area (Å²) in [5.74, 6) is -0.664. The maximum Gasteiger partial charge on any atom is 0.280 e. The Morgan fingerprint density at radius 1 is 1.32 bits per heavy atom. The number of benzene rings is 1. The predicted molar refractivity (Wildman–Crippen MR) is 85.7 cm³/mol. The van der Waals surface area contributed by atoms with Gasteiger partial charge in [0, 0.05) is 11.8 Å². The third-order valence-corrected chi connectivity index (χ3v) is 4.79. The summed E-state index contributed by atoms with van der Waals surface area (Å²) in [6, 6.07) is 3.27. The lowest BCUT2D eigenvalue weighted by atomic mass is 9.97. The number of hydrogen-bond acceptors (Lipinski definition) is 3. The van der Waals surface area contributed by atoms with Gasteiger partial charge in [0.05, 0.1) is 4.90 Å². The molecule has 1 aromatic carbocycles. The van der Waals surface area contributed by atoms with Crippen molar-refractivity contribution in [3.8, 4) is 0 Å². The average molecular weight is 323 g/mol. The Morgan fingerprint density at radius 3 is 2.41 bits per heavy atom. The molecule has 0 heterocycles. The molecule has 1 aliphatic carbocycles. The maximum atomic E-state index is 12.2. The second-order valence-corrected chi connectivity index (χ2v) is 7.67. The van der Waals surface area contributed by atoms with Crippen molar-refractivity contribution < 1.29 is 13.2 Å². The van der Waals surface area contributed by atoms with Crippen LogP contribution in [0.1, 0.15) is 53.6 Å². The monoisotopic (exact) mass is 323 g/mol. The second-order valence-electron chi connectivity index (χ2n) is 5.69. The van der Waals surface area contributed by atoms with E-state index >= 15 is 0 Å². The zero-order valence-corrected chi connectivity index (χ0v) is 13.6. The molecule has 1 fully saturated rings. The SMILES string of the molecule is CCCc1cc(C2CC2)c(S(C)(=O)=O)cc1C(=O)N=C(N)N. The number of aryl methyl sites for hydroxylation is 1. The first-order valence-corrected chi connectivity index (χ1v) is 9.14. The first-order chi connectivity index (χ1) is 10.2. The summed E-state index contributed by atoms with van der Waals surface area (Å²) >= 11 is 0. The number of aliphatic imine (C=N–C) groups is 1. The van der Waals surface area contributed by atoms with Crippen molar-refractivity contribution in [2.75, 3.05) is 6.26 Å². The molecule has 0 saturated heterocycles. The molecule has 0 spiro atoms. The summed E-state index contributed by atoms with van der Waals surface area (Å²) in [4.78, 5) is 15.9. The summed E-state index contributed by atoms with van der Waals surface area (Å²) < 4.78 is 24.1. The number of carbonyl (C=O) groups excluding carboxylic acids is 1. The van der Waals surface area contributed by atoms with E-state index in [1.165, 1.54) is 6.07 Å². The molecule has 0 radical (unpaired) electrons. The standard InChI is InChI=1S/C15H21N3O3S/c1-3-4-10-7-11(9-5-6-9)13(22(2,20)21)8-12(10)14(19)18-15(16)17/h7-9H,3-6H2,1-2H3,(H4,16,17,18,19). The van der Waals surface area contributed by atoms with Crippen LogP contribution in [0.2, 0.25) is 0 Å². The van der Waals surface area contributed by atoms with Crippen molar-refractivity contribution in [3.63, 3.8) is 0 Å². The molecule has 6 nitrogen and oxygen atoms in total. The summed E-state index contributed by atoms with van der Waals surface area (Å²) in [7, 11) is -3.42. The van der Waals surface area contributed by atoms with Crippen molar-refractivity contribution in [2.24, 2.45) is 16.5 Å². The van der Waals surface area contributed by atoms with Gasteiger partial charge in [-0.3, -0.25) is 4.79 Å². The van der Waals surface area contributed by atoms with Crippen LogP contribution in [0.15, 0.2) is 22.0 Å². The lowest BCUT2D eigenvalue weighted by Gasteiger charge is -2.13. The van der Waals surface area contributed by atoms with Crippen LogP contribution in [0, 0.1) is 0 Å². The van der Waals surface area contributed by atoms with Gasteiger partial charge in [0.2, 0.25) is 0 Å². The van der Waals surface area contributed by atoms with Gasteiger partial charge >= 0.3 is 0 Å². The highest BCUT2D eigenvalue weighted by Gasteiger charge is 2.31. The van der Waals surface area contributed by atoms with Gasteiger partial charge in [-0.05, 0) is 42.4 Å². The van der Waals surface area contributed by atoms with Crippen LogP contribution in [0.4, 0.5) is 0 Å². The van der Waals surface area contributed by atoms with Crippen LogP contribution in [0.25, 0.3) is 0 Å². The Balaban J connectivity index is 2.65. The van der Waals surface area contributed by atoms with Crippen molar-refractivity contribution in [1.82, 2.24) is 0 Å². The fraction of sp³-hybridized carbons (Fsp3) is 0.467. The van der Waals surface area contributed by atoms with E-state index in [-0.39, 0.29) is 22.3 Å². The van der Waals surface area contributed by atoms with Gasteiger partial charge in [0.1, 0.15) is 0 Å². The van der Waals surface area contributed by atoms with Crippen LogP contribution in [-0.2, 0) is 16.3 Å². The minimum Gasteiger partial charge on any atom is -0.370 e. The maximum absolute atomic E-state index is 12.2. The third-order valence-electron chi connectivity index (χ3n) is 3.63. The minimum atomic E-state index is -3.42. The highest BCUT2D eigenvalue weighted by molar-refractivity contribution is 7.90. The zero-order chi connectivity index (χ0) is 16.5. The van der Waals surface area contributed by atoms with E-state index in [1.54, 1.807) is 0 Å². The number of rotatable bonds is 5. The van der Waals surface area contributed by atoms with Gasteiger partial charge < -0.3 is 11.5 Å². The predicted octanol–water partition coefficient (Wildman–Crippen LogP) is 1.33. The average Bonchev–Trinajstić information content (AvgIpc) is 3.20. The molecule has 2 rings (SSSR count). The van der Waals surface area contributed by atoms with Crippen LogP contribution < -0.4 is 11.5 Å². The van der Waals surface area contributed by atoms with Gasteiger partial charge in [-0.2, -0.15) is 4.99 Å². The van der Waals surface area contributed by atoms with E-state index in [0.29, 0.717) is 6.42 Å². The summed E-state index contributed by atoms with van der Waals surface area (Å²) in [6.07, 6.45) is 4.63. The van der Waals surface area contributed by atoms with Gasteiger partial charge in [-0.25, -0.2) is 8.42 Å². The fourth-order valence-electron chi connectivity index (χ4n) is 2.53. The van der Waals surface area contributed by atoms with Gasteiger partial charge in [-0.15, -0.1) is 0 Å². The first-order valence-electron chi connectivity index (χ1n) is 7.24. The topological polar surface area (TPSA) is 116 Å². The molecule has 1 saturated carbocycles. The Kier molecular flexibility index (Phi) is 4.55. The zero-order valence-electron chi connectivity index (χ0n) is 12.8. The van der Waals surface area contributed by atoms with E-state index in [2.05, 4.69) is 4.99 Å². The molecule has 0 aliphatic heterocycles. The Hall–Kier alpha value is -1.89. The largest absolute Gasteiger partial charge is 0.370 e. The van der Waals surface area contributed by atoms with Crippen LogP contribution in [0.3, 0.4) is 0 Å². The number of carbonyl (C=O) groups is 1. The van der Waals surface area contributed by atoms with Crippen LogP contribution in [-0.4, -0.2) is 26.5 Å². The Labute approximate surface area is 130 Å². The molecule has 120 valence electrons. The van der Waals surface area contributed by atoms with Crippen molar-refractivity contribution in [2.45, 2.75) is 43.4 Å². The lowest BCUT2D eigenvalue weighted by molar-refractivity contribution is 0.100. The number of nitrogens with zero attached hydrogens (tertiary/aromatic N) is 1. The van der Waals surface area contributed by atoms with E-state index in [9.17, 15) is 13.2 Å². The lowest BCUT2D eigenvalue weighted by Crippen LogP contribution is -2.24. The molecule has 0 unspecified atom stereocenters. The van der Waals surface area contributed by atoms with Crippen LogP contribution in [0.5, 0.6) is 0 Å². The summed E-state index contributed by atoms with van der Waals surface area (Å²) in [6.45, 7) is 2.00. The Morgan fingerprint density at radius 2 is 1.95 bits per heavy atom. The summed E-state index contributed by atoms with van der Waals surface area (Å²) in [5.41, 5.74) is 12.4. The molecule has 0 bridgehead atoms. The second kappa shape index (κ2) is 6.08. The highest BCUT2D eigenvalue weighted by atomic mass is 32.2. The fourth-order valence-corrected chi connectivity index (χ4v) is 3.52. The first kappa shape index (κ1) is 16.5. The van der Waals surface area contributed by atoms with Crippen molar-refractivity contribution in [3.05, 3.63) is 28.8 Å². The van der Waals surface area contributed by atoms with Gasteiger partial charge in [-0.1, -0.05) is 19.4 Å². The molecule has 1 amide bonds. The quantitative estimate of drug-likeness (QED) is 0.626. The van der Waals surface area contributed by atoms with Gasteiger partial charge in [0.25, 0.3) is 5.91 Å². The number of guanidine groups is 1. The number of hydrogen-bond donors (Lipinski definition) is 2. The van der Waals surface area contributed by atoms with Crippen molar-refractivity contribution >= 4 is 21.7 Å². The number of sulfone groups is 1. The van der Waals surface area contributed by atoms with E-state index in [1.807, 2.05) is 13.0 Å². The Bertz CT molecular complexity index is 731. The smallest absolute Gasteiger partial charge is 0.280 e. The highest BCUT2D eigenvalue weighted by Crippen LogP contribution is 2.44. The normalized spacial score (nSPS) is 14.6. The molecule has 4 N–H and O–H groups in total. The molecular formula is C15H21N3O3S. The van der Waals surface area contributed by atoms with E-state index in [4.69, 9.17) is 11.5 Å². The molecule has 22 heavy (non-hydrogen) atoms. The number of nitrogens with two attached hydrogens (primary N) is 2. The van der Waals surface area contributed by atoms with Crippen molar-refractivity contribution in [1.29, 1.82) is 0 Å². The van der Waals surface area contributed by atoms with E-state index in [0.717, 1.165) is 36.6 Å². The third kappa shape index (κ3) is 3.65. The molecule has 1 aromatic rings.